The number of aryl methyl sites for hydroxylation is 1. The van der Waals surface area contributed by atoms with Crippen molar-refractivity contribution in [3.8, 4) is 17.2 Å². The SMILES string of the molecule is Cc1cc(OCc2ccccc2)c(C2(O)S[C@H](COCc3ccccc3)[C@@H](OCc3ccccc3)[C@H](OCc3ccccc3)[C@H]2OCc2ccccc2)cc1Cc1ccc2c(c1)OCCO2. The number of fused-ring (bicyclic) bond motifs is 1. The molecular weight excluding hydrogens is 845 g/mol. The molecule has 1 saturated heterocycles. The lowest BCUT2D eigenvalue weighted by Gasteiger charge is -2.50. The van der Waals surface area contributed by atoms with Crippen LogP contribution in [-0.2, 0) is 63.3 Å². The van der Waals surface area contributed by atoms with E-state index in [2.05, 4.69) is 49.4 Å². The first-order valence-corrected chi connectivity index (χ1v) is 23.5. The van der Waals surface area contributed by atoms with E-state index in [4.69, 9.17) is 33.2 Å². The molecule has 338 valence electrons. The first-order chi connectivity index (χ1) is 32.5. The van der Waals surface area contributed by atoms with Crippen molar-refractivity contribution in [2.75, 3.05) is 19.8 Å². The second-order valence-corrected chi connectivity index (χ2v) is 18.3. The van der Waals surface area contributed by atoms with Gasteiger partial charge in [0.25, 0.3) is 0 Å². The number of hydrogen-bond acceptors (Lipinski definition) is 9. The summed E-state index contributed by atoms with van der Waals surface area (Å²) in [5.74, 6) is 2.03. The Balaban J connectivity index is 1.16. The van der Waals surface area contributed by atoms with E-state index >= 15 is 0 Å². The Labute approximate surface area is 392 Å². The average molecular weight is 901 g/mol. The molecule has 0 radical (unpaired) electrons. The second-order valence-electron chi connectivity index (χ2n) is 16.8. The van der Waals surface area contributed by atoms with Gasteiger partial charge < -0.3 is 38.3 Å². The highest BCUT2D eigenvalue weighted by Gasteiger charge is 2.57. The van der Waals surface area contributed by atoms with Crippen LogP contribution in [0.5, 0.6) is 17.2 Å². The monoisotopic (exact) mass is 900 g/mol. The molecule has 7 aromatic carbocycles. The summed E-state index contributed by atoms with van der Waals surface area (Å²) >= 11 is 1.39. The summed E-state index contributed by atoms with van der Waals surface area (Å²) in [6, 6.07) is 60.7. The van der Waals surface area contributed by atoms with Crippen LogP contribution in [0.4, 0.5) is 0 Å². The molecule has 1 fully saturated rings. The van der Waals surface area contributed by atoms with Gasteiger partial charge in [0.2, 0.25) is 0 Å². The molecule has 7 aromatic rings. The molecule has 0 saturated carbocycles. The van der Waals surface area contributed by atoms with E-state index < -0.39 is 28.5 Å². The molecule has 5 atom stereocenters. The summed E-state index contributed by atoms with van der Waals surface area (Å²) in [5, 5.41) is 13.7. The summed E-state index contributed by atoms with van der Waals surface area (Å²) in [6.45, 7) is 4.87. The van der Waals surface area contributed by atoms with Crippen LogP contribution in [0.15, 0.2) is 182 Å². The van der Waals surface area contributed by atoms with Crippen molar-refractivity contribution in [1.29, 1.82) is 0 Å². The molecule has 9 heteroatoms. The van der Waals surface area contributed by atoms with Crippen LogP contribution < -0.4 is 14.2 Å². The minimum atomic E-state index is -1.75. The molecular formula is C57H56O8S. The Morgan fingerprint density at radius 3 is 1.61 bits per heavy atom. The fourth-order valence-corrected chi connectivity index (χ4v) is 10.2. The van der Waals surface area contributed by atoms with Crippen molar-refractivity contribution in [1.82, 2.24) is 0 Å². The van der Waals surface area contributed by atoms with E-state index in [9.17, 15) is 5.11 Å². The van der Waals surface area contributed by atoms with Crippen molar-refractivity contribution < 1.29 is 38.3 Å². The summed E-state index contributed by atoms with van der Waals surface area (Å²) in [7, 11) is 0. The molecule has 2 aliphatic heterocycles. The van der Waals surface area contributed by atoms with E-state index in [0.717, 1.165) is 56.0 Å². The third-order valence-corrected chi connectivity index (χ3v) is 13.5. The highest BCUT2D eigenvalue weighted by atomic mass is 32.2. The second kappa shape index (κ2) is 22.1. The maximum atomic E-state index is 14.1. The van der Waals surface area contributed by atoms with E-state index in [1.165, 1.54) is 11.8 Å². The molecule has 2 heterocycles. The standard InChI is InChI=1S/C57H56O8S/c1-41-31-51(62-36-43-19-9-3-10-20-43)49(34-48(41)32-47-27-28-50-52(33-47)61-30-29-60-50)57(58)56(65-39-46-25-15-6-16-26-46)55(64-38-45-23-13-5-14-24-45)54(63-37-44-21-11-4-12-22-44)53(66-57)40-59-35-42-17-7-2-8-18-42/h2-28,31,33-34,53-56,58H,29-30,32,35-40H2,1H3/t53-,54-,55+,56-,57?/m1/s1. The van der Waals surface area contributed by atoms with Gasteiger partial charge in [0.05, 0.1) is 38.3 Å². The van der Waals surface area contributed by atoms with E-state index in [1.807, 2.05) is 140 Å². The Bertz CT molecular complexity index is 2580. The summed E-state index contributed by atoms with van der Waals surface area (Å²) in [5.41, 5.74) is 8.71. The lowest BCUT2D eigenvalue weighted by Crippen LogP contribution is -2.61. The molecule has 0 spiro atoms. The maximum Gasteiger partial charge on any atom is 0.168 e. The third-order valence-electron chi connectivity index (χ3n) is 12.0. The van der Waals surface area contributed by atoms with E-state index in [-0.39, 0.29) is 19.8 Å². The fourth-order valence-electron chi connectivity index (χ4n) is 8.54. The van der Waals surface area contributed by atoms with Gasteiger partial charge in [-0.1, -0.05) is 158 Å². The predicted molar refractivity (Wildman–Crippen MR) is 259 cm³/mol. The summed E-state index contributed by atoms with van der Waals surface area (Å²) in [4.78, 5) is -1.75. The Morgan fingerprint density at radius 1 is 0.530 bits per heavy atom. The van der Waals surface area contributed by atoms with Gasteiger partial charge in [-0.05, 0) is 82.1 Å². The van der Waals surface area contributed by atoms with Crippen LogP contribution in [-0.4, -0.2) is 48.5 Å². The number of rotatable bonds is 19. The highest BCUT2D eigenvalue weighted by molar-refractivity contribution is 8.00. The first-order valence-electron chi connectivity index (χ1n) is 22.7. The third kappa shape index (κ3) is 11.4. The van der Waals surface area contributed by atoms with Crippen LogP contribution in [0.1, 0.15) is 50.1 Å². The zero-order chi connectivity index (χ0) is 45.0. The van der Waals surface area contributed by atoms with Crippen molar-refractivity contribution in [2.45, 2.75) is 74.9 Å². The fraction of sp³-hybridized carbons (Fsp3) is 0.263. The van der Waals surface area contributed by atoms with Crippen LogP contribution in [0.2, 0.25) is 0 Å². The minimum absolute atomic E-state index is 0.219. The van der Waals surface area contributed by atoms with Gasteiger partial charge in [-0.25, -0.2) is 0 Å². The zero-order valence-corrected chi connectivity index (χ0v) is 38.0. The van der Waals surface area contributed by atoms with Crippen molar-refractivity contribution in [3.63, 3.8) is 0 Å². The van der Waals surface area contributed by atoms with E-state index in [1.54, 1.807) is 0 Å². The maximum absolute atomic E-state index is 14.1. The van der Waals surface area contributed by atoms with Crippen molar-refractivity contribution in [2.24, 2.45) is 0 Å². The van der Waals surface area contributed by atoms with Gasteiger partial charge >= 0.3 is 0 Å². The molecule has 1 N–H and O–H groups in total. The van der Waals surface area contributed by atoms with Crippen LogP contribution >= 0.6 is 11.8 Å². The predicted octanol–water partition coefficient (Wildman–Crippen LogP) is 11.2. The van der Waals surface area contributed by atoms with Gasteiger partial charge in [0.15, 0.2) is 16.4 Å². The summed E-state index contributed by atoms with van der Waals surface area (Å²) < 4.78 is 46.5. The molecule has 0 aromatic heterocycles. The Hall–Kier alpha value is -5.91. The minimum Gasteiger partial charge on any atom is -0.488 e. The van der Waals surface area contributed by atoms with Crippen LogP contribution in [0, 0.1) is 6.92 Å². The normalized spacial score (nSPS) is 20.2. The molecule has 0 amide bonds. The zero-order valence-electron chi connectivity index (χ0n) is 37.2. The highest BCUT2D eigenvalue weighted by Crippen LogP contribution is 2.53. The number of hydrogen-bond donors (Lipinski definition) is 1. The number of benzene rings is 7. The lowest BCUT2D eigenvalue weighted by atomic mass is 9.89. The molecule has 0 aliphatic carbocycles. The van der Waals surface area contributed by atoms with Gasteiger partial charge in [0, 0.05) is 5.56 Å². The van der Waals surface area contributed by atoms with Gasteiger partial charge in [-0.2, -0.15) is 0 Å². The largest absolute Gasteiger partial charge is 0.488 e. The molecule has 2 aliphatic rings. The number of aliphatic hydroxyl groups is 1. The van der Waals surface area contributed by atoms with Crippen molar-refractivity contribution in [3.05, 3.63) is 232 Å². The molecule has 1 unspecified atom stereocenters. The van der Waals surface area contributed by atoms with Gasteiger partial charge in [-0.3, -0.25) is 0 Å². The first kappa shape index (κ1) is 45.3. The molecule has 8 nitrogen and oxygen atoms in total. The number of thioether (sulfide) groups is 1. The average Bonchev–Trinajstić information content (AvgIpc) is 3.36. The smallest absolute Gasteiger partial charge is 0.168 e. The lowest BCUT2D eigenvalue weighted by molar-refractivity contribution is -0.199. The summed E-state index contributed by atoms with van der Waals surface area (Å²) in [6.07, 6.45) is -1.74. The van der Waals surface area contributed by atoms with E-state index in [0.29, 0.717) is 50.8 Å². The molecule has 66 heavy (non-hydrogen) atoms. The molecule has 0 bridgehead atoms. The topological polar surface area (TPSA) is 84.8 Å². The van der Waals surface area contributed by atoms with Crippen LogP contribution in [0.3, 0.4) is 0 Å². The Morgan fingerprint density at radius 2 is 1.03 bits per heavy atom. The van der Waals surface area contributed by atoms with Gasteiger partial charge in [0.1, 0.15) is 43.9 Å². The quantitative estimate of drug-likeness (QED) is 0.0853. The Kier molecular flexibility index (Phi) is 15.1. The number of ether oxygens (including phenoxy) is 7. The van der Waals surface area contributed by atoms with Crippen LogP contribution in [0.25, 0.3) is 0 Å². The molecule has 9 rings (SSSR count). The van der Waals surface area contributed by atoms with Gasteiger partial charge in [-0.15, -0.1) is 11.8 Å². The van der Waals surface area contributed by atoms with Crippen molar-refractivity contribution >= 4 is 11.8 Å².